The van der Waals surface area contributed by atoms with E-state index in [1.54, 1.807) is 0 Å². The van der Waals surface area contributed by atoms with E-state index in [9.17, 15) is 0 Å². The van der Waals surface area contributed by atoms with Crippen molar-refractivity contribution in [1.82, 2.24) is 5.32 Å². The summed E-state index contributed by atoms with van der Waals surface area (Å²) in [5, 5.41) is 5.84. The fourth-order valence-electron chi connectivity index (χ4n) is 2.46. The van der Waals surface area contributed by atoms with Gasteiger partial charge in [0.2, 0.25) is 0 Å². The van der Waals surface area contributed by atoms with Crippen molar-refractivity contribution in [2.24, 2.45) is 5.41 Å². The standard InChI is InChI=1S/C13H21NS/c1-13(2)7-5-11(10-13)14-8-6-12-4-3-9-15-12/h3-4,9,11,14H,5-8,10H2,1-2H3. The Kier molecular flexibility index (Phi) is 3.47. The molecule has 0 amide bonds. The molecule has 1 aromatic rings. The Balaban J connectivity index is 1.67. The summed E-state index contributed by atoms with van der Waals surface area (Å²) < 4.78 is 0. The Morgan fingerprint density at radius 3 is 3.00 bits per heavy atom. The lowest BCUT2D eigenvalue weighted by Gasteiger charge is -2.17. The monoisotopic (exact) mass is 223 g/mol. The molecule has 0 aliphatic heterocycles. The van der Waals surface area contributed by atoms with Crippen LogP contribution in [0.2, 0.25) is 0 Å². The molecule has 0 saturated heterocycles. The van der Waals surface area contributed by atoms with Gasteiger partial charge in [-0.2, -0.15) is 0 Å². The molecule has 1 saturated carbocycles. The van der Waals surface area contributed by atoms with Gasteiger partial charge in [-0.05, 0) is 42.5 Å². The van der Waals surface area contributed by atoms with E-state index in [0.29, 0.717) is 5.41 Å². The molecule has 2 rings (SSSR count). The molecular formula is C13H21NS. The van der Waals surface area contributed by atoms with Crippen LogP contribution in [0.3, 0.4) is 0 Å². The second-order valence-electron chi connectivity index (χ2n) is 5.39. The van der Waals surface area contributed by atoms with E-state index >= 15 is 0 Å². The Bertz CT molecular complexity index is 289. The largest absolute Gasteiger partial charge is 0.314 e. The maximum atomic E-state index is 3.68. The zero-order valence-corrected chi connectivity index (χ0v) is 10.6. The third-order valence-corrected chi connectivity index (χ3v) is 4.29. The molecule has 1 atom stereocenters. The van der Waals surface area contributed by atoms with Crippen LogP contribution in [0.25, 0.3) is 0 Å². The Hall–Kier alpha value is -0.340. The highest BCUT2D eigenvalue weighted by Crippen LogP contribution is 2.36. The number of hydrogen-bond acceptors (Lipinski definition) is 2. The predicted molar refractivity (Wildman–Crippen MR) is 67.4 cm³/mol. The van der Waals surface area contributed by atoms with Gasteiger partial charge in [-0.15, -0.1) is 11.3 Å². The van der Waals surface area contributed by atoms with Gasteiger partial charge in [-0.1, -0.05) is 19.9 Å². The molecule has 0 spiro atoms. The minimum absolute atomic E-state index is 0.570. The van der Waals surface area contributed by atoms with E-state index in [-0.39, 0.29) is 0 Å². The summed E-state index contributed by atoms with van der Waals surface area (Å²) in [5.41, 5.74) is 0.570. The normalized spacial score (nSPS) is 24.5. The van der Waals surface area contributed by atoms with E-state index in [4.69, 9.17) is 0 Å². The highest BCUT2D eigenvalue weighted by Gasteiger charge is 2.30. The van der Waals surface area contributed by atoms with E-state index in [2.05, 4.69) is 36.7 Å². The Morgan fingerprint density at radius 2 is 2.40 bits per heavy atom. The van der Waals surface area contributed by atoms with E-state index in [1.165, 1.54) is 30.6 Å². The fourth-order valence-corrected chi connectivity index (χ4v) is 3.17. The van der Waals surface area contributed by atoms with E-state index in [0.717, 1.165) is 12.6 Å². The molecule has 84 valence electrons. The van der Waals surface area contributed by atoms with Crippen LogP contribution in [0.1, 0.15) is 38.0 Å². The smallest absolute Gasteiger partial charge is 0.00724 e. The molecule has 2 heteroatoms. The van der Waals surface area contributed by atoms with Crippen molar-refractivity contribution in [1.29, 1.82) is 0 Å². The first kappa shape index (κ1) is 11.2. The summed E-state index contributed by atoms with van der Waals surface area (Å²) >= 11 is 1.87. The van der Waals surface area contributed by atoms with Crippen molar-refractivity contribution in [3.63, 3.8) is 0 Å². The van der Waals surface area contributed by atoms with Gasteiger partial charge in [0.05, 0.1) is 0 Å². The van der Waals surface area contributed by atoms with Crippen LogP contribution in [0.15, 0.2) is 17.5 Å². The molecule has 1 fully saturated rings. The highest BCUT2D eigenvalue weighted by atomic mass is 32.1. The van der Waals surface area contributed by atoms with E-state index < -0.39 is 0 Å². The lowest BCUT2D eigenvalue weighted by molar-refractivity contribution is 0.365. The molecule has 1 aliphatic carbocycles. The molecule has 0 radical (unpaired) electrons. The molecule has 1 aliphatic rings. The van der Waals surface area contributed by atoms with Crippen LogP contribution in [-0.2, 0) is 6.42 Å². The minimum Gasteiger partial charge on any atom is -0.314 e. The summed E-state index contributed by atoms with van der Waals surface area (Å²) in [6, 6.07) is 5.13. The quantitative estimate of drug-likeness (QED) is 0.824. The summed E-state index contributed by atoms with van der Waals surface area (Å²) in [5.74, 6) is 0. The SMILES string of the molecule is CC1(C)CCC(NCCc2cccs2)C1. The van der Waals surface area contributed by atoms with Crippen molar-refractivity contribution in [3.8, 4) is 0 Å². The predicted octanol–water partition coefficient (Wildman–Crippen LogP) is 3.46. The van der Waals surface area contributed by atoms with Crippen molar-refractivity contribution >= 4 is 11.3 Å². The van der Waals surface area contributed by atoms with Crippen LogP contribution in [0.4, 0.5) is 0 Å². The van der Waals surface area contributed by atoms with Gasteiger partial charge in [0, 0.05) is 17.5 Å². The minimum atomic E-state index is 0.570. The van der Waals surface area contributed by atoms with Gasteiger partial charge >= 0.3 is 0 Å². The fraction of sp³-hybridized carbons (Fsp3) is 0.692. The molecule has 0 aromatic carbocycles. The van der Waals surface area contributed by atoms with E-state index in [1.807, 2.05) is 11.3 Å². The van der Waals surface area contributed by atoms with Crippen molar-refractivity contribution in [2.75, 3.05) is 6.54 Å². The molecule has 1 N–H and O–H groups in total. The summed E-state index contributed by atoms with van der Waals surface area (Å²) in [4.78, 5) is 1.50. The van der Waals surface area contributed by atoms with Crippen LogP contribution in [-0.4, -0.2) is 12.6 Å². The first-order valence-electron chi connectivity index (χ1n) is 5.91. The average Bonchev–Trinajstić information content (AvgIpc) is 2.76. The lowest BCUT2D eigenvalue weighted by Crippen LogP contribution is -2.29. The van der Waals surface area contributed by atoms with Crippen molar-refractivity contribution in [2.45, 2.75) is 45.6 Å². The maximum Gasteiger partial charge on any atom is 0.00724 e. The third kappa shape index (κ3) is 3.32. The topological polar surface area (TPSA) is 12.0 Å². The molecule has 15 heavy (non-hydrogen) atoms. The second-order valence-corrected chi connectivity index (χ2v) is 6.42. The van der Waals surface area contributed by atoms with Gasteiger partial charge in [-0.25, -0.2) is 0 Å². The number of hydrogen-bond donors (Lipinski definition) is 1. The van der Waals surface area contributed by atoms with Crippen LogP contribution >= 0.6 is 11.3 Å². The summed E-state index contributed by atoms with van der Waals surface area (Å²) in [6.07, 6.45) is 5.27. The van der Waals surface area contributed by atoms with Crippen molar-refractivity contribution < 1.29 is 0 Å². The molecule has 1 unspecified atom stereocenters. The summed E-state index contributed by atoms with van der Waals surface area (Å²) in [6.45, 7) is 5.91. The second kappa shape index (κ2) is 4.67. The van der Waals surface area contributed by atoms with Gasteiger partial charge in [0.15, 0.2) is 0 Å². The van der Waals surface area contributed by atoms with Gasteiger partial charge < -0.3 is 5.32 Å². The summed E-state index contributed by atoms with van der Waals surface area (Å²) in [7, 11) is 0. The first-order valence-corrected chi connectivity index (χ1v) is 6.79. The van der Waals surface area contributed by atoms with Gasteiger partial charge in [0.25, 0.3) is 0 Å². The zero-order valence-electron chi connectivity index (χ0n) is 9.75. The maximum absolute atomic E-state index is 3.68. The molecule has 1 aromatic heterocycles. The lowest BCUT2D eigenvalue weighted by atomic mass is 9.92. The van der Waals surface area contributed by atoms with Gasteiger partial charge in [0.1, 0.15) is 0 Å². The molecule has 0 bridgehead atoms. The average molecular weight is 223 g/mol. The molecule has 1 nitrogen and oxygen atoms in total. The molecular weight excluding hydrogens is 202 g/mol. The Morgan fingerprint density at radius 1 is 1.53 bits per heavy atom. The number of rotatable bonds is 4. The van der Waals surface area contributed by atoms with Crippen molar-refractivity contribution in [3.05, 3.63) is 22.4 Å². The molecule has 1 heterocycles. The van der Waals surface area contributed by atoms with Crippen LogP contribution in [0, 0.1) is 5.41 Å². The zero-order chi connectivity index (χ0) is 10.7. The Labute approximate surface area is 96.9 Å². The number of thiophene rings is 1. The first-order chi connectivity index (χ1) is 7.16. The number of nitrogens with one attached hydrogen (secondary N) is 1. The van der Waals surface area contributed by atoms with Crippen LogP contribution < -0.4 is 5.32 Å². The van der Waals surface area contributed by atoms with Crippen LogP contribution in [0.5, 0.6) is 0 Å². The van der Waals surface area contributed by atoms with Gasteiger partial charge in [-0.3, -0.25) is 0 Å². The third-order valence-electron chi connectivity index (χ3n) is 3.35. The highest BCUT2D eigenvalue weighted by molar-refractivity contribution is 7.09.